The van der Waals surface area contributed by atoms with E-state index in [0.717, 1.165) is 24.1 Å². The van der Waals surface area contributed by atoms with Gasteiger partial charge >= 0.3 is 0 Å². The first kappa shape index (κ1) is 18.3. The lowest BCUT2D eigenvalue weighted by Gasteiger charge is -2.30. The van der Waals surface area contributed by atoms with Crippen LogP contribution in [0.5, 0.6) is 0 Å². The minimum absolute atomic E-state index is 0.350. The first-order valence-electron chi connectivity index (χ1n) is 8.20. The van der Waals surface area contributed by atoms with Crippen LogP contribution < -0.4 is 9.62 Å². The van der Waals surface area contributed by atoms with Gasteiger partial charge in [-0.3, -0.25) is 9.10 Å². The third-order valence-electron chi connectivity index (χ3n) is 4.22. The van der Waals surface area contributed by atoms with E-state index < -0.39 is 45.4 Å². The second-order valence-electron chi connectivity index (χ2n) is 6.02. The summed E-state index contributed by atoms with van der Waals surface area (Å²) < 4.78 is 53.7. The largest absolute Gasteiger partial charge is 0.321 e. The maximum atomic E-state index is 13.6. The van der Waals surface area contributed by atoms with Crippen LogP contribution in [-0.2, 0) is 21.2 Å². The number of nitrogens with one attached hydrogen (secondary N) is 1. The van der Waals surface area contributed by atoms with Crippen LogP contribution in [0.3, 0.4) is 0 Å². The van der Waals surface area contributed by atoms with Crippen molar-refractivity contribution in [1.29, 1.82) is 0 Å². The number of nitrogens with zero attached hydrogens (tertiary/aromatic N) is 1. The molecule has 0 aromatic heterocycles. The summed E-state index contributed by atoms with van der Waals surface area (Å²) in [5.41, 5.74) is 0.998. The van der Waals surface area contributed by atoms with Crippen LogP contribution in [-0.4, -0.2) is 26.6 Å². The highest BCUT2D eigenvalue weighted by Gasteiger charge is 2.27. The Morgan fingerprint density at radius 2 is 1.77 bits per heavy atom. The number of para-hydroxylation sites is 2. The van der Waals surface area contributed by atoms with Crippen molar-refractivity contribution in [2.75, 3.05) is 21.9 Å². The number of carbonyl (C=O) groups is 1. The lowest BCUT2D eigenvalue weighted by atomic mass is 10.0. The van der Waals surface area contributed by atoms with Gasteiger partial charge in [-0.05, 0) is 36.6 Å². The van der Waals surface area contributed by atoms with Crippen molar-refractivity contribution in [3.8, 4) is 0 Å². The molecule has 0 aliphatic carbocycles. The number of anilines is 2. The molecule has 26 heavy (non-hydrogen) atoms. The van der Waals surface area contributed by atoms with E-state index in [1.165, 1.54) is 10.4 Å². The average Bonchev–Trinajstić information content (AvgIpc) is 2.63. The summed E-state index contributed by atoms with van der Waals surface area (Å²) in [5, 5.41) is 2.10. The quantitative estimate of drug-likeness (QED) is 0.867. The van der Waals surface area contributed by atoms with Crippen molar-refractivity contribution >= 4 is 27.3 Å². The first-order valence-corrected chi connectivity index (χ1v) is 9.81. The van der Waals surface area contributed by atoms with Crippen molar-refractivity contribution in [3.05, 3.63) is 59.7 Å². The fourth-order valence-corrected chi connectivity index (χ4v) is 4.49. The summed E-state index contributed by atoms with van der Waals surface area (Å²) >= 11 is 0. The van der Waals surface area contributed by atoms with E-state index in [0.29, 0.717) is 18.7 Å². The van der Waals surface area contributed by atoms with Gasteiger partial charge in [0.05, 0.1) is 11.4 Å². The van der Waals surface area contributed by atoms with Crippen LogP contribution in [0.1, 0.15) is 18.4 Å². The first-order chi connectivity index (χ1) is 12.4. The highest BCUT2D eigenvalue weighted by atomic mass is 32.2. The number of carbonyl (C=O) groups excluding carboxylic acids is 1. The van der Waals surface area contributed by atoms with Gasteiger partial charge in [-0.15, -0.1) is 0 Å². The fourth-order valence-electron chi connectivity index (χ4n) is 2.94. The topological polar surface area (TPSA) is 66.5 Å². The molecule has 3 rings (SSSR count). The number of hydrogen-bond donors (Lipinski definition) is 1. The van der Waals surface area contributed by atoms with Gasteiger partial charge in [0.1, 0.15) is 17.3 Å². The van der Waals surface area contributed by atoms with E-state index >= 15 is 0 Å². The summed E-state index contributed by atoms with van der Waals surface area (Å²) in [5.74, 6) is -3.02. The summed E-state index contributed by atoms with van der Waals surface area (Å²) in [6.45, 7) is 0.350. The lowest BCUT2D eigenvalue weighted by molar-refractivity contribution is -0.115. The Balaban J connectivity index is 1.68. The van der Waals surface area contributed by atoms with E-state index in [1.54, 1.807) is 12.1 Å². The van der Waals surface area contributed by atoms with E-state index in [1.807, 2.05) is 12.1 Å². The number of benzene rings is 2. The number of halogens is 2. The monoisotopic (exact) mass is 380 g/mol. The van der Waals surface area contributed by atoms with Gasteiger partial charge in [-0.2, -0.15) is 0 Å². The molecule has 0 saturated carbocycles. The molecular weight excluding hydrogens is 362 g/mol. The summed E-state index contributed by atoms with van der Waals surface area (Å²) in [6.07, 6.45) is 1.10. The Kier molecular flexibility index (Phi) is 5.22. The lowest BCUT2D eigenvalue weighted by Crippen LogP contribution is -2.37. The normalized spacial score (nSPS) is 14.0. The van der Waals surface area contributed by atoms with Crippen LogP contribution in [0.4, 0.5) is 20.2 Å². The molecule has 5 nitrogen and oxygen atoms in total. The number of fused-ring (bicyclic) bond motifs is 1. The van der Waals surface area contributed by atoms with Crippen LogP contribution in [0.2, 0.25) is 0 Å². The Labute approximate surface area is 150 Å². The van der Waals surface area contributed by atoms with E-state index in [4.69, 9.17) is 0 Å². The van der Waals surface area contributed by atoms with Gasteiger partial charge in [0.2, 0.25) is 15.9 Å². The Bertz CT molecular complexity index is 912. The molecule has 2 aromatic carbocycles. The second kappa shape index (κ2) is 7.41. The van der Waals surface area contributed by atoms with Gasteiger partial charge < -0.3 is 5.32 Å². The van der Waals surface area contributed by atoms with Gasteiger partial charge in [0.25, 0.3) is 0 Å². The van der Waals surface area contributed by atoms with Crippen molar-refractivity contribution in [2.45, 2.75) is 19.3 Å². The van der Waals surface area contributed by atoms with Crippen molar-refractivity contribution in [1.82, 2.24) is 0 Å². The Morgan fingerprint density at radius 1 is 1.08 bits per heavy atom. The van der Waals surface area contributed by atoms with E-state index in [9.17, 15) is 22.0 Å². The molecule has 1 aliphatic rings. The summed E-state index contributed by atoms with van der Waals surface area (Å²) in [4.78, 5) is 12.0. The molecule has 1 amide bonds. The molecule has 1 heterocycles. The predicted molar refractivity (Wildman–Crippen MR) is 95.5 cm³/mol. The van der Waals surface area contributed by atoms with Crippen molar-refractivity contribution in [3.63, 3.8) is 0 Å². The minimum Gasteiger partial charge on any atom is -0.321 e. The van der Waals surface area contributed by atoms with Gasteiger partial charge in [-0.1, -0.05) is 24.3 Å². The number of rotatable bonds is 5. The van der Waals surface area contributed by atoms with Crippen LogP contribution in [0.15, 0.2) is 42.5 Å². The number of aryl methyl sites for hydroxylation is 1. The zero-order valence-electron chi connectivity index (χ0n) is 13.9. The number of sulfonamides is 1. The maximum absolute atomic E-state index is 13.6. The van der Waals surface area contributed by atoms with Crippen LogP contribution >= 0.6 is 0 Å². The molecular formula is C18H18F2N2O3S. The molecule has 0 spiro atoms. The molecule has 8 heteroatoms. The highest BCUT2D eigenvalue weighted by molar-refractivity contribution is 7.92. The van der Waals surface area contributed by atoms with Crippen molar-refractivity contribution in [2.24, 2.45) is 0 Å². The third-order valence-corrected chi connectivity index (χ3v) is 5.99. The smallest absolute Gasteiger partial charge is 0.235 e. The molecule has 2 aromatic rings. The zero-order chi connectivity index (χ0) is 18.7. The Hall–Kier alpha value is -2.48. The third kappa shape index (κ3) is 3.85. The van der Waals surface area contributed by atoms with Gasteiger partial charge in [0, 0.05) is 13.0 Å². The standard InChI is InChI=1S/C18H18F2N2O3S/c19-14-7-3-8-15(20)18(14)21-17(23)10-12-26(24,25)22-11-4-6-13-5-1-2-9-16(13)22/h1-3,5,7-9H,4,6,10-12H2,(H,21,23). The number of amides is 1. The maximum Gasteiger partial charge on any atom is 0.235 e. The molecule has 0 unspecified atom stereocenters. The average molecular weight is 380 g/mol. The zero-order valence-corrected chi connectivity index (χ0v) is 14.7. The summed E-state index contributed by atoms with van der Waals surface area (Å²) in [7, 11) is -3.72. The SMILES string of the molecule is O=C(CCS(=O)(=O)N1CCCc2ccccc21)Nc1c(F)cccc1F. The molecule has 0 fully saturated rings. The fraction of sp³-hybridized carbons (Fsp3) is 0.278. The second-order valence-corrected chi connectivity index (χ2v) is 8.03. The van der Waals surface area contributed by atoms with E-state index in [2.05, 4.69) is 5.32 Å². The van der Waals surface area contributed by atoms with Crippen LogP contribution in [0.25, 0.3) is 0 Å². The predicted octanol–water partition coefficient (Wildman–Crippen LogP) is 3.08. The van der Waals surface area contributed by atoms with Crippen molar-refractivity contribution < 1.29 is 22.0 Å². The molecule has 0 atom stereocenters. The molecule has 0 bridgehead atoms. The van der Waals surface area contributed by atoms with Crippen LogP contribution in [0, 0.1) is 11.6 Å². The summed E-state index contributed by atoms with van der Waals surface area (Å²) in [6, 6.07) is 10.4. The minimum atomic E-state index is -3.72. The van der Waals surface area contributed by atoms with Gasteiger partial charge in [-0.25, -0.2) is 17.2 Å². The molecule has 0 radical (unpaired) electrons. The van der Waals surface area contributed by atoms with Gasteiger partial charge in [0.15, 0.2) is 0 Å². The number of hydrogen-bond acceptors (Lipinski definition) is 3. The van der Waals surface area contributed by atoms with E-state index in [-0.39, 0.29) is 0 Å². The highest BCUT2D eigenvalue weighted by Crippen LogP contribution is 2.29. The molecule has 1 aliphatic heterocycles. The molecule has 0 saturated heterocycles. The molecule has 1 N–H and O–H groups in total. The molecule has 138 valence electrons. The Morgan fingerprint density at radius 3 is 2.50 bits per heavy atom.